The number of hydrogen-bond donors (Lipinski definition) is 1. The summed E-state index contributed by atoms with van der Waals surface area (Å²) in [7, 11) is 4.84. The number of nitrogens with zero attached hydrogens (tertiary/aromatic N) is 3. The van der Waals surface area contributed by atoms with Crippen molar-refractivity contribution in [1.29, 1.82) is 5.26 Å². The second-order valence-corrected chi connectivity index (χ2v) is 4.94. The van der Waals surface area contributed by atoms with Crippen LogP contribution in [0.15, 0.2) is 11.8 Å². The average molecular weight is 294 g/mol. The summed E-state index contributed by atoms with van der Waals surface area (Å²) in [6.07, 6.45) is 0.767. The number of carbonyl (C=O) groups excluding carboxylic acids is 2. The van der Waals surface area contributed by atoms with E-state index in [-0.39, 0.29) is 15.6 Å². The number of nitrogens with one attached hydrogen (secondary N) is 1. The molecule has 0 fully saturated rings. The lowest BCUT2D eigenvalue weighted by atomic mass is 10.1. The number of thiazole rings is 1. The maximum absolute atomic E-state index is 12.2. The second kappa shape index (κ2) is 6.68. The summed E-state index contributed by atoms with van der Waals surface area (Å²) < 4.78 is 4.86. The van der Waals surface area contributed by atoms with Gasteiger partial charge in [-0.3, -0.25) is 4.79 Å². The van der Waals surface area contributed by atoms with Crippen molar-refractivity contribution in [2.75, 3.05) is 21.1 Å². The van der Waals surface area contributed by atoms with Gasteiger partial charge in [0, 0.05) is 27.3 Å². The van der Waals surface area contributed by atoms with E-state index < -0.39 is 11.9 Å². The Labute approximate surface area is 120 Å². The molecule has 0 atom stereocenters. The third kappa shape index (κ3) is 3.80. The minimum Gasteiger partial charge on any atom is -0.382 e. The van der Waals surface area contributed by atoms with Crippen molar-refractivity contribution in [3.05, 3.63) is 22.3 Å². The minimum atomic E-state index is -0.665. The number of aryl methyl sites for hydroxylation is 1. The van der Waals surface area contributed by atoms with Crippen LogP contribution in [-0.2, 0) is 0 Å². The topological polar surface area (TPSA) is 95.3 Å². The molecule has 0 aliphatic carbocycles. The third-order valence-corrected chi connectivity index (χ3v) is 3.15. The van der Waals surface area contributed by atoms with Crippen LogP contribution >= 0.6 is 11.3 Å². The lowest BCUT2D eigenvalue weighted by Gasteiger charge is -2.05. The highest BCUT2D eigenvalue weighted by atomic mass is 32.1. The first-order chi connectivity index (χ1) is 9.38. The van der Waals surface area contributed by atoms with E-state index in [1.165, 1.54) is 13.2 Å². The van der Waals surface area contributed by atoms with Crippen LogP contribution in [0.2, 0.25) is 0 Å². The van der Waals surface area contributed by atoms with Gasteiger partial charge < -0.3 is 15.0 Å². The van der Waals surface area contributed by atoms with Gasteiger partial charge in [0.15, 0.2) is 0 Å². The summed E-state index contributed by atoms with van der Waals surface area (Å²) in [5.41, 5.74) is 0.409. The van der Waals surface area contributed by atoms with Gasteiger partial charge in [-0.1, -0.05) is 11.3 Å². The first-order valence-electron chi connectivity index (χ1n) is 5.59. The molecule has 7 nitrogen and oxygen atoms in total. The Kier molecular flexibility index (Phi) is 5.23. The molecule has 1 heterocycles. The fraction of sp³-hybridized carbons (Fsp3) is 0.333. The van der Waals surface area contributed by atoms with Crippen molar-refractivity contribution >= 4 is 23.2 Å². The SMILES string of the molecule is CNC(=O)Oc1nc(C)c(C(=O)/C(C#N)=C/N(C)C)s1. The first kappa shape index (κ1) is 15.7. The van der Waals surface area contributed by atoms with Gasteiger partial charge in [-0.25, -0.2) is 9.78 Å². The van der Waals surface area contributed by atoms with Crippen LogP contribution in [0.1, 0.15) is 15.4 Å². The zero-order valence-corrected chi connectivity index (χ0v) is 12.4. The lowest BCUT2D eigenvalue weighted by Crippen LogP contribution is -2.21. The molecule has 1 N–H and O–H groups in total. The van der Waals surface area contributed by atoms with Gasteiger partial charge in [0.05, 0.1) is 5.69 Å². The van der Waals surface area contributed by atoms with Crippen LogP contribution in [0.4, 0.5) is 4.79 Å². The Balaban J connectivity index is 3.06. The first-order valence-corrected chi connectivity index (χ1v) is 6.40. The van der Waals surface area contributed by atoms with E-state index in [1.807, 2.05) is 6.07 Å². The van der Waals surface area contributed by atoms with Crippen molar-refractivity contribution in [1.82, 2.24) is 15.2 Å². The number of rotatable bonds is 4. The van der Waals surface area contributed by atoms with Crippen molar-refractivity contribution in [3.8, 4) is 11.3 Å². The highest BCUT2D eigenvalue weighted by Gasteiger charge is 2.21. The number of ether oxygens (including phenoxy) is 1. The Morgan fingerprint density at radius 3 is 2.65 bits per heavy atom. The highest BCUT2D eigenvalue weighted by Crippen LogP contribution is 2.27. The van der Waals surface area contributed by atoms with Crippen LogP contribution in [-0.4, -0.2) is 42.9 Å². The second-order valence-electron chi connectivity index (χ2n) is 3.98. The molecule has 8 heteroatoms. The molecule has 0 saturated heterocycles. The zero-order valence-electron chi connectivity index (χ0n) is 11.6. The van der Waals surface area contributed by atoms with Gasteiger partial charge in [-0.05, 0) is 6.92 Å². The van der Waals surface area contributed by atoms with Gasteiger partial charge in [-0.15, -0.1) is 0 Å². The summed E-state index contributed by atoms with van der Waals surface area (Å²) in [6.45, 7) is 1.62. The van der Waals surface area contributed by atoms with Crippen LogP contribution < -0.4 is 10.1 Å². The number of amides is 1. The number of carbonyl (C=O) groups is 2. The molecule has 1 aromatic heterocycles. The Morgan fingerprint density at radius 2 is 2.15 bits per heavy atom. The molecule has 1 aromatic rings. The molecule has 0 unspecified atom stereocenters. The van der Waals surface area contributed by atoms with Gasteiger partial charge in [0.1, 0.15) is 16.5 Å². The molecule has 0 aliphatic heterocycles. The van der Waals surface area contributed by atoms with Crippen molar-refractivity contribution in [3.63, 3.8) is 0 Å². The normalized spacial score (nSPS) is 10.7. The Morgan fingerprint density at radius 1 is 1.50 bits per heavy atom. The summed E-state index contributed by atoms with van der Waals surface area (Å²) in [6, 6.07) is 1.85. The molecule has 0 aromatic carbocycles. The molecule has 1 amide bonds. The molecule has 0 spiro atoms. The largest absolute Gasteiger partial charge is 0.414 e. The molecule has 0 aliphatic rings. The summed E-state index contributed by atoms with van der Waals surface area (Å²) in [4.78, 5) is 29.1. The molecule has 1 rings (SSSR count). The minimum absolute atomic E-state index is 0.00626. The average Bonchev–Trinajstić information content (AvgIpc) is 2.75. The third-order valence-electron chi connectivity index (χ3n) is 2.12. The Bertz CT molecular complexity index is 598. The monoisotopic (exact) mass is 294 g/mol. The zero-order chi connectivity index (χ0) is 15.3. The molecular weight excluding hydrogens is 280 g/mol. The number of ketones is 1. The molecule has 0 saturated carbocycles. The van der Waals surface area contributed by atoms with Gasteiger partial charge >= 0.3 is 6.09 Å². The predicted molar refractivity (Wildman–Crippen MR) is 73.6 cm³/mol. The number of allylic oxidation sites excluding steroid dienone is 1. The van der Waals surface area contributed by atoms with E-state index in [9.17, 15) is 9.59 Å². The summed E-state index contributed by atoms with van der Waals surface area (Å²) in [5.74, 6) is -0.442. The van der Waals surface area contributed by atoms with E-state index in [0.29, 0.717) is 5.69 Å². The van der Waals surface area contributed by atoms with Crippen molar-refractivity contribution < 1.29 is 14.3 Å². The smallest absolute Gasteiger partial charge is 0.382 e. The molecule has 20 heavy (non-hydrogen) atoms. The van der Waals surface area contributed by atoms with Crippen LogP contribution in [0.5, 0.6) is 5.19 Å². The summed E-state index contributed by atoms with van der Waals surface area (Å²) >= 11 is 0.928. The fourth-order valence-corrected chi connectivity index (χ4v) is 2.15. The van der Waals surface area contributed by atoms with E-state index >= 15 is 0 Å². The highest BCUT2D eigenvalue weighted by molar-refractivity contribution is 7.15. The standard InChI is InChI=1S/C12H14N4O3S/c1-7-10(9(17)8(5-13)6-16(3)4)20-12(15-7)19-11(18)14-2/h6H,1-4H3,(H,14,18)/b8-6+. The van der Waals surface area contributed by atoms with Crippen LogP contribution in [0.25, 0.3) is 0 Å². The van der Waals surface area contributed by atoms with Crippen LogP contribution in [0.3, 0.4) is 0 Å². The van der Waals surface area contributed by atoms with Crippen molar-refractivity contribution in [2.24, 2.45) is 0 Å². The number of Topliss-reactive ketones (excluding diaryl/α,β-unsaturated/α-hetero) is 1. The maximum Gasteiger partial charge on any atom is 0.414 e. The van der Waals surface area contributed by atoms with Gasteiger partial charge in [-0.2, -0.15) is 5.26 Å². The number of nitriles is 1. The molecule has 0 radical (unpaired) electrons. The number of aromatic nitrogens is 1. The van der Waals surface area contributed by atoms with E-state index in [4.69, 9.17) is 10.00 Å². The number of hydrogen-bond acceptors (Lipinski definition) is 7. The van der Waals surface area contributed by atoms with Crippen LogP contribution in [0, 0.1) is 18.3 Å². The van der Waals surface area contributed by atoms with Gasteiger partial charge in [0.2, 0.25) is 5.78 Å². The van der Waals surface area contributed by atoms with Gasteiger partial charge in [0.25, 0.3) is 5.19 Å². The fourth-order valence-electron chi connectivity index (χ4n) is 1.28. The summed E-state index contributed by atoms with van der Waals surface area (Å²) in [5, 5.41) is 11.4. The maximum atomic E-state index is 12.2. The Hall–Kier alpha value is -2.40. The lowest BCUT2D eigenvalue weighted by molar-refractivity contribution is 0.104. The van der Waals surface area contributed by atoms with Crippen molar-refractivity contribution in [2.45, 2.75) is 6.92 Å². The van der Waals surface area contributed by atoms with E-state index in [2.05, 4.69) is 10.3 Å². The quantitative estimate of drug-likeness (QED) is 0.511. The molecule has 0 bridgehead atoms. The molecule has 106 valence electrons. The van der Waals surface area contributed by atoms with E-state index in [0.717, 1.165) is 11.3 Å². The molecular formula is C12H14N4O3S. The van der Waals surface area contributed by atoms with E-state index in [1.54, 1.807) is 25.9 Å². The predicted octanol–water partition coefficient (Wildman–Crippen LogP) is 1.32.